The van der Waals surface area contributed by atoms with Gasteiger partial charge < -0.3 is 20.1 Å². The largest absolute Gasteiger partial charge is 0.484 e. The summed E-state index contributed by atoms with van der Waals surface area (Å²) in [6.07, 6.45) is 5.55. The first-order chi connectivity index (χ1) is 22.7. The van der Waals surface area contributed by atoms with Crippen molar-refractivity contribution in [1.29, 1.82) is 0 Å². The molecule has 1 aliphatic carbocycles. The third-order valence-electron chi connectivity index (χ3n) is 9.37. The highest BCUT2D eigenvalue weighted by Crippen LogP contribution is 2.41. The zero-order valence-electron chi connectivity index (χ0n) is 27.3. The van der Waals surface area contributed by atoms with Gasteiger partial charge in [-0.3, -0.25) is 9.72 Å². The van der Waals surface area contributed by atoms with Gasteiger partial charge in [0.15, 0.2) is 5.65 Å². The zero-order valence-corrected chi connectivity index (χ0v) is 27.3. The van der Waals surface area contributed by atoms with Crippen LogP contribution in [-0.2, 0) is 18.4 Å². The number of carbonyl (C=O) groups excluding carboxylic acids is 1. The Morgan fingerprint density at radius 1 is 1.04 bits per heavy atom. The zero-order chi connectivity index (χ0) is 32.7. The van der Waals surface area contributed by atoms with Crippen LogP contribution in [0.25, 0.3) is 11.3 Å². The van der Waals surface area contributed by atoms with E-state index >= 15 is 0 Å². The lowest BCUT2D eigenvalue weighted by molar-refractivity contribution is 0.194. The number of hydrogen-bond acceptors (Lipinski definition) is 7. The quantitative estimate of drug-likeness (QED) is 0.199. The van der Waals surface area contributed by atoms with Crippen molar-refractivity contribution >= 4 is 17.5 Å². The van der Waals surface area contributed by atoms with Crippen LogP contribution in [0.2, 0.25) is 0 Å². The molecule has 2 amide bonds. The number of benzene rings is 2. The molecule has 1 saturated heterocycles. The van der Waals surface area contributed by atoms with Gasteiger partial charge >= 0.3 is 6.03 Å². The van der Waals surface area contributed by atoms with Gasteiger partial charge in [-0.2, -0.15) is 5.10 Å². The summed E-state index contributed by atoms with van der Waals surface area (Å²) in [5.41, 5.74) is 5.11. The Labute approximate surface area is 274 Å². The maximum Gasteiger partial charge on any atom is 0.320 e. The molecule has 4 heterocycles. The SMILES string of the molecule is CN1CCCC1Cc1nnc2ccc(OC3CC(NC(=O)Nc4cc(C(C)(C)C)nn4-c4ccc(CO)cc4)c4ccccc43)cn12. The number of rotatable bonds is 8. The molecule has 0 saturated carbocycles. The lowest BCUT2D eigenvalue weighted by atomic mass is 9.92. The Bertz CT molecular complexity index is 1890. The maximum atomic E-state index is 13.5. The normalized spacial score (nSPS) is 19.6. The van der Waals surface area contributed by atoms with E-state index in [9.17, 15) is 9.90 Å². The molecule has 3 aromatic heterocycles. The first-order valence-corrected chi connectivity index (χ1v) is 16.3. The number of ether oxygens (including phenoxy) is 1. The molecule has 0 radical (unpaired) electrons. The number of aliphatic hydroxyl groups excluding tert-OH is 1. The van der Waals surface area contributed by atoms with Crippen LogP contribution in [0.15, 0.2) is 72.9 Å². The number of likely N-dealkylation sites (N-methyl/N-ethyl adjacent to an activating group) is 1. The van der Waals surface area contributed by atoms with Gasteiger partial charge in [-0.1, -0.05) is 57.2 Å². The highest BCUT2D eigenvalue weighted by molar-refractivity contribution is 5.89. The molecule has 5 aromatic rings. The van der Waals surface area contributed by atoms with Gasteiger partial charge in [0, 0.05) is 30.4 Å². The Balaban J connectivity index is 1.08. The highest BCUT2D eigenvalue weighted by atomic mass is 16.5. The van der Waals surface area contributed by atoms with Crippen molar-refractivity contribution in [2.75, 3.05) is 18.9 Å². The molecule has 0 bridgehead atoms. The molecule has 11 heteroatoms. The number of carbonyl (C=O) groups is 1. The van der Waals surface area contributed by atoms with Gasteiger partial charge in [0.25, 0.3) is 0 Å². The minimum atomic E-state index is -0.327. The summed E-state index contributed by atoms with van der Waals surface area (Å²) in [5.74, 6) is 2.23. The molecule has 1 aliphatic heterocycles. The van der Waals surface area contributed by atoms with Gasteiger partial charge in [0.05, 0.1) is 30.2 Å². The molecule has 3 atom stereocenters. The highest BCUT2D eigenvalue weighted by Gasteiger charge is 2.34. The molecule has 7 rings (SSSR count). The molecule has 47 heavy (non-hydrogen) atoms. The van der Waals surface area contributed by atoms with E-state index in [1.807, 2.05) is 71.3 Å². The number of nitrogens with one attached hydrogen (secondary N) is 2. The van der Waals surface area contributed by atoms with Gasteiger partial charge in [0.1, 0.15) is 23.5 Å². The van der Waals surface area contributed by atoms with Gasteiger partial charge in [-0.05, 0) is 67.4 Å². The Morgan fingerprint density at radius 3 is 2.55 bits per heavy atom. The fraction of sp³-hybridized carbons (Fsp3) is 0.389. The van der Waals surface area contributed by atoms with Crippen molar-refractivity contribution in [2.45, 2.75) is 76.7 Å². The van der Waals surface area contributed by atoms with Gasteiger partial charge in [-0.15, -0.1) is 10.2 Å². The van der Waals surface area contributed by atoms with Crippen LogP contribution in [-0.4, -0.2) is 60.1 Å². The fourth-order valence-corrected chi connectivity index (χ4v) is 6.66. The van der Waals surface area contributed by atoms with E-state index in [1.54, 1.807) is 4.68 Å². The molecular formula is C36H42N8O3. The summed E-state index contributed by atoms with van der Waals surface area (Å²) in [6, 6.07) is 21.3. The standard InChI is InChI=1S/C36H42N8O3/c1-36(2,3)31-20-33(44(41-31)24-13-11-23(22-45)12-14-24)38-35(46)37-29-19-30(28-10-6-5-9-27(28)29)47-26-15-16-32-39-40-34(43(32)21-26)18-25-8-7-17-42(25)4/h5-6,9-16,20-21,25,29-30,45H,7-8,17-19,22H2,1-4H3,(H2,37,38,46). The smallest absolute Gasteiger partial charge is 0.320 e. The predicted octanol–water partition coefficient (Wildman–Crippen LogP) is 5.73. The number of aromatic nitrogens is 5. The Hall–Kier alpha value is -4.74. The number of likely N-dealkylation sites (tertiary alicyclic amines) is 1. The van der Waals surface area contributed by atoms with E-state index in [-0.39, 0.29) is 30.2 Å². The number of hydrogen-bond donors (Lipinski definition) is 3. The average molecular weight is 635 g/mol. The van der Waals surface area contributed by atoms with Gasteiger partial charge in [0.2, 0.25) is 0 Å². The molecule has 2 aromatic carbocycles. The number of amides is 2. The van der Waals surface area contributed by atoms with E-state index in [0.717, 1.165) is 58.3 Å². The first-order valence-electron chi connectivity index (χ1n) is 16.3. The van der Waals surface area contributed by atoms with Crippen molar-refractivity contribution in [2.24, 2.45) is 0 Å². The summed E-state index contributed by atoms with van der Waals surface area (Å²) in [6.45, 7) is 7.34. The number of aliphatic hydroxyl groups is 1. The number of pyridine rings is 1. The van der Waals surface area contributed by atoms with Crippen LogP contribution in [0.3, 0.4) is 0 Å². The monoisotopic (exact) mass is 634 g/mol. The molecule has 0 spiro atoms. The molecule has 244 valence electrons. The second-order valence-corrected chi connectivity index (χ2v) is 13.7. The third-order valence-corrected chi connectivity index (χ3v) is 9.37. The van der Waals surface area contributed by atoms with Crippen molar-refractivity contribution in [1.82, 2.24) is 34.6 Å². The van der Waals surface area contributed by atoms with Crippen LogP contribution >= 0.6 is 0 Å². The number of anilines is 1. The summed E-state index contributed by atoms with van der Waals surface area (Å²) >= 11 is 0. The number of nitrogens with zero attached hydrogens (tertiary/aromatic N) is 6. The number of fused-ring (bicyclic) bond motifs is 2. The second kappa shape index (κ2) is 12.5. The molecule has 1 fully saturated rings. The molecule has 3 N–H and O–H groups in total. The van der Waals surface area contributed by atoms with E-state index in [2.05, 4.69) is 59.6 Å². The number of urea groups is 1. The minimum absolute atomic E-state index is 0.0393. The predicted molar refractivity (Wildman–Crippen MR) is 180 cm³/mol. The topological polar surface area (TPSA) is 122 Å². The van der Waals surface area contributed by atoms with Crippen LogP contribution in [0.5, 0.6) is 5.75 Å². The van der Waals surface area contributed by atoms with Gasteiger partial charge in [-0.25, -0.2) is 9.48 Å². The van der Waals surface area contributed by atoms with Crippen LogP contribution < -0.4 is 15.4 Å². The lowest BCUT2D eigenvalue weighted by Gasteiger charge is -2.18. The summed E-state index contributed by atoms with van der Waals surface area (Å²) in [4.78, 5) is 15.9. The molecule has 2 aliphatic rings. The lowest BCUT2D eigenvalue weighted by Crippen LogP contribution is -2.32. The second-order valence-electron chi connectivity index (χ2n) is 13.7. The Morgan fingerprint density at radius 2 is 1.83 bits per heavy atom. The summed E-state index contributed by atoms with van der Waals surface area (Å²) in [7, 11) is 2.17. The van der Waals surface area contributed by atoms with E-state index in [1.165, 1.54) is 12.8 Å². The minimum Gasteiger partial charge on any atom is -0.484 e. The maximum absolute atomic E-state index is 13.5. The van der Waals surface area contributed by atoms with Crippen molar-refractivity contribution < 1.29 is 14.6 Å². The van der Waals surface area contributed by atoms with Crippen LogP contribution in [0, 0.1) is 0 Å². The average Bonchev–Trinajstić information content (AvgIpc) is 3.84. The van der Waals surface area contributed by atoms with E-state index in [4.69, 9.17) is 9.84 Å². The van der Waals surface area contributed by atoms with Crippen molar-refractivity contribution in [3.63, 3.8) is 0 Å². The van der Waals surface area contributed by atoms with Crippen LogP contribution in [0.4, 0.5) is 10.6 Å². The van der Waals surface area contributed by atoms with Crippen molar-refractivity contribution in [3.05, 3.63) is 101 Å². The summed E-state index contributed by atoms with van der Waals surface area (Å²) in [5, 5.41) is 29.4. The summed E-state index contributed by atoms with van der Waals surface area (Å²) < 4.78 is 10.4. The molecular weight excluding hydrogens is 592 g/mol. The first kappa shape index (κ1) is 30.9. The Kier molecular flexibility index (Phi) is 8.19. The fourth-order valence-electron chi connectivity index (χ4n) is 6.66. The van der Waals surface area contributed by atoms with E-state index in [0.29, 0.717) is 18.3 Å². The molecule has 3 unspecified atom stereocenters. The van der Waals surface area contributed by atoms with Crippen molar-refractivity contribution in [3.8, 4) is 11.4 Å². The third kappa shape index (κ3) is 6.33. The molecule has 11 nitrogen and oxygen atoms in total. The van der Waals surface area contributed by atoms with E-state index < -0.39 is 0 Å². The van der Waals surface area contributed by atoms with Crippen LogP contribution in [0.1, 0.15) is 80.4 Å².